The second kappa shape index (κ2) is 9.52. The highest BCUT2D eigenvalue weighted by Gasteiger charge is 2.23. The molecule has 1 atom stereocenters. The van der Waals surface area contributed by atoms with E-state index in [0.717, 1.165) is 24.3 Å². The maximum absolute atomic E-state index is 12.9. The Kier molecular flexibility index (Phi) is 7.09. The van der Waals surface area contributed by atoms with E-state index in [1.807, 2.05) is 35.6 Å². The summed E-state index contributed by atoms with van der Waals surface area (Å²) < 4.78 is 5.72. The summed E-state index contributed by atoms with van der Waals surface area (Å²) in [5.41, 5.74) is 1.14. The number of nitrogens with one attached hydrogen (secondary N) is 1. The summed E-state index contributed by atoms with van der Waals surface area (Å²) in [5.74, 6) is 0.0478. The topological polar surface area (TPSA) is 75.3 Å². The Morgan fingerprint density at radius 2 is 2.37 bits per heavy atom. The lowest BCUT2D eigenvalue weighted by Crippen LogP contribution is -2.37. The molecule has 146 valence electrons. The van der Waals surface area contributed by atoms with Crippen molar-refractivity contribution < 1.29 is 9.53 Å². The molecule has 1 unspecified atom stereocenters. The third-order valence-corrected chi connectivity index (χ3v) is 6.15. The van der Waals surface area contributed by atoms with Crippen LogP contribution in [0.15, 0.2) is 27.5 Å². The van der Waals surface area contributed by atoms with Gasteiger partial charge < -0.3 is 14.6 Å². The first-order valence-electron chi connectivity index (χ1n) is 9.12. The molecule has 1 aliphatic rings. The Bertz CT molecular complexity index is 814. The van der Waals surface area contributed by atoms with E-state index in [4.69, 9.17) is 4.74 Å². The molecular formula is C19H25N3O3S2. The van der Waals surface area contributed by atoms with Crippen LogP contribution in [0.3, 0.4) is 0 Å². The number of carbonyl (C=O) groups is 1. The summed E-state index contributed by atoms with van der Waals surface area (Å²) in [6.45, 7) is 3.80. The molecule has 0 aliphatic carbocycles. The number of aromatic amines is 1. The highest BCUT2D eigenvalue weighted by molar-refractivity contribution is 7.98. The van der Waals surface area contributed by atoms with Crippen molar-refractivity contribution in [2.45, 2.75) is 50.4 Å². The predicted octanol–water partition coefficient (Wildman–Crippen LogP) is 3.00. The van der Waals surface area contributed by atoms with Crippen LogP contribution in [0.1, 0.15) is 35.4 Å². The molecule has 0 aromatic carbocycles. The smallest absolute Gasteiger partial charge is 0.254 e. The number of carbonyl (C=O) groups excluding carboxylic acids is 1. The number of aryl methyl sites for hydroxylation is 1. The molecule has 3 heterocycles. The lowest BCUT2D eigenvalue weighted by molar-refractivity contribution is -0.133. The Morgan fingerprint density at radius 1 is 1.52 bits per heavy atom. The van der Waals surface area contributed by atoms with Gasteiger partial charge in [0.25, 0.3) is 5.56 Å². The van der Waals surface area contributed by atoms with Crippen molar-refractivity contribution in [1.29, 1.82) is 0 Å². The summed E-state index contributed by atoms with van der Waals surface area (Å²) in [7, 11) is 0. The summed E-state index contributed by atoms with van der Waals surface area (Å²) in [6.07, 6.45) is 4.72. The van der Waals surface area contributed by atoms with E-state index in [-0.39, 0.29) is 17.6 Å². The van der Waals surface area contributed by atoms with E-state index in [9.17, 15) is 9.59 Å². The van der Waals surface area contributed by atoms with Gasteiger partial charge in [0.15, 0.2) is 5.16 Å². The zero-order chi connectivity index (χ0) is 19.2. The minimum atomic E-state index is -0.149. The number of ether oxygens (including phenoxy) is 1. The number of nitrogens with zero attached hydrogens (tertiary/aromatic N) is 2. The monoisotopic (exact) mass is 407 g/mol. The van der Waals surface area contributed by atoms with Crippen molar-refractivity contribution in [3.05, 3.63) is 44.0 Å². The van der Waals surface area contributed by atoms with Crippen LogP contribution in [0.25, 0.3) is 0 Å². The molecule has 2 aromatic rings. The van der Waals surface area contributed by atoms with E-state index in [1.54, 1.807) is 11.3 Å². The molecule has 1 amide bonds. The van der Waals surface area contributed by atoms with Crippen molar-refractivity contribution in [3.63, 3.8) is 0 Å². The van der Waals surface area contributed by atoms with Gasteiger partial charge in [-0.1, -0.05) is 17.8 Å². The lowest BCUT2D eigenvalue weighted by atomic mass is 10.1. The molecule has 3 rings (SSSR count). The third-order valence-electron chi connectivity index (χ3n) is 4.71. The second-order valence-electron chi connectivity index (χ2n) is 6.63. The molecule has 1 saturated heterocycles. The number of hydrogen-bond donors (Lipinski definition) is 1. The van der Waals surface area contributed by atoms with Crippen LogP contribution in [0.4, 0.5) is 0 Å². The maximum Gasteiger partial charge on any atom is 0.254 e. The minimum absolute atomic E-state index is 0.0478. The van der Waals surface area contributed by atoms with Crippen molar-refractivity contribution in [3.8, 4) is 0 Å². The van der Waals surface area contributed by atoms with E-state index in [2.05, 4.69) is 9.97 Å². The highest BCUT2D eigenvalue weighted by Crippen LogP contribution is 2.18. The molecule has 6 nitrogen and oxygen atoms in total. The molecule has 1 aliphatic heterocycles. The third kappa shape index (κ3) is 5.43. The van der Waals surface area contributed by atoms with Crippen LogP contribution in [0, 0.1) is 6.92 Å². The van der Waals surface area contributed by atoms with Gasteiger partial charge in [0.05, 0.1) is 12.6 Å². The average Bonchev–Trinajstić information content (AvgIpc) is 3.34. The Labute approximate surface area is 167 Å². The minimum Gasteiger partial charge on any atom is -0.376 e. The lowest BCUT2D eigenvalue weighted by Gasteiger charge is -2.25. The maximum atomic E-state index is 12.9. The van der Waals surface area contributed by atoms with Gasteiger partial charge in [-0.05, 0) is 43.9 Å². The van der Waals surface area contributed by atoms with Gasteiger partial charge in [-0.25, -0.2) is 4.98 Å². The Morgan fingerprint density at radius 3 is 3.00 bits per heavy atom. The van der Waals surface area contributed by atoms with Gasteiger partial charge in [-0.2, -0.15) is 0 Å². The van der Waals surface area contributed by atoms with Crippen LogP contribution in [0.2, 0.25) is 0 Å². The van der Waals surface area contributed by atoms with Gasteiger partial charge in [-0.15, -0.1) is 11.3 Å². The first-order valence-corrected chi connectivity index (χ1v) is 11.2. The summed E-state index contributed by atoms with van der Waals surface area (Å²) in [4.78, 5) is 35.4. The highest BCUT2D eigenvalue weighted by atomic mass is 32.2. The summed E-state index contributed by atoms with van der Waals surface area (Å²) in [6, 6.07) is 4.04. The van der Waals surface area contributed by atoms with Crippen molar-refractivity contribution in [1.82, 2.24) is 14.9 Å². The average molecular weight is 408 g/mol. The first-order chi connectivity index (χ1) is 13.1. The number of thiophene rings is 1. The molecule has 0 saturated carbocycles. The quantitative estimate of drug-likeness (QED) is 0.538. The fourth-order valence-electron chi connectivity index (χ4n) is 3.25. The number of rotatable bonds is 8. The number of thioether (sulfide) groups is 1. The number of H-pyrrole nitrogens is 1. The first kappa shape index (κ1) is 20.1. The zero-order valence-electron chi connectivity index (χ0n) is 15.7. The standard InChI is InChI=1S/C19H25N3O3S2/c1-13-16(18(24)21-19(20-13)26-2)7-8-17(23)22(11-14-5-3-9-25-14)12-15-6-4-10-27-15/h4,6,10,14H,3,5,7-9,11-12H2,1-2H3,(H,20,21,24). The number of hydrogen-bond acceptors (Lipinski definition) is 6. The number of amides is 1. The fraction of sp³-hybridized carbons (Fsp3) is 0.526. The second-order valence-corrected chi connectivity index (χ2v) is 8.46. The van der Waals surface area contributed by atoms with Crippen LogP contribution in [-0.4, -0.2) is 46.3 Å². The largest absolute Gasteiger partial charge is 0.376 e. The molecule has 27 heavy (non-hydrogen) atoms. The molecule has 0 bridgehead atoms. The molecule has 0 radical (unpaired) electrons. The molecule has 8 heteroatoms. The van der Waals surface area contributed by atoms with Crippen molar-refractivity contribution >= 4 is 29.0 Å². The molecule has 1 fully saturated rings. The summed E-state index contributed by atoms with van der Waals surface area (Å²) >= 11 is 3.05. The van der Waals surface area contributed by atoms with Gasteiger partial charge in [0.1, 0.15) is 0 Å². The van der Waals surface area contributed by atoms with Crippen LogP contribution in [-0.2, 0) is 22.5 Å². The van der Waals surface area contributed by atoms with Gasteiger partial charge >= 0.3 is 0 Å². The Balaban J connectivity index is 1.67. The molecular weight excluding hydrogens is 382 g/mol. The van der Waals surface area contributed by atoms with E-state index in [1.165, 1.54) is 11.8 Å². The van der Waals surface area contributed by atoms with Crippen LogP contribution >= 0.6 is 23.1 Å². The Hall–Kier alpha value is -1.64. The van der Waals surface area contributed by atoms with E-state index >= 15 is 0 Å². The van der Waals surface area contributed by atoms with Gasteiger partial charge in [-0.3, -0.25) is 9.59 Å². The molecule has 0 spiro atoms. The van der Waals surface area contributed by atoms with E-state index < -0.39 is 0 Å². The molecule has 2 aromatic heterocycles. The fourth-order valence-corrected chi connectivity index (χ4v) is 4.39. The van der Waals surface area contributed by atoms with Crippen molar-refractivity contribution in [2.75, 3.05) is 19.4 Å². The van der Waals surface area contributed by atoms with Crippen LogP contribution < -0.4 is 5.56 Å². The van der Waals surface area contributed by atoms with Gasteiger partial charge in [0, 0.05) is 35.7 Å². The van der Waals surface area contributed by atoms with Gasteiger partial charge in [0.2, 0.25) is 5.91 Å². The number of aromatic nitrogens is 2. The van der Waals surface area contributed by atoms with Crippen molar-refractivity contribution in [2.24, 2.45) is 0 Å². The molecule has 1 N–H and O–H groups in total. The predicted molar refractivity (Wildman–Crippen MR) is 108 cm³/mol. The van der Waals surface area contributed by atoms with Crippen LogP contribution in [0.5, 0.6) is 0 Å². The van der Waals surface area contributed by atoms with E-state index in [0.29, 0.717) is 42.3 Å². The normalized spacial score (nSPS) is 16.6. The zero-order valence-corrected chi connectivity index (χ0v) is 17.3. The SMILES string of the molecule is CSc1nc(C)c(CCC(=O)N(Cc2cccs2)CC2CCCO2)c(=O)[nH]1. The summed E-state index contributed by atoms with van der Waals surface area (Å²) in [5, 5.41) is 2.62.